The number of aliphatic imine (C=N–C) groups is 2. The quantitative estimate of drug-likeness (QED) is 0.862. The predicted molar refractivity (Wildman–Crippen MR) is 107 cm³/mol. The Morgan fingerprint density at radius 1 is 1.26 bits per heavy atom. The first kappa shape index (κ1) is 19.0. The molecular weight excluding hydrogens is 362 g/mol. The summed E-state index contributed by atoms with van der Waals surface area (Å²) < 4.78 is 17.5. The molecule has 0 saturated heterocycles. The number of hydrogen-bond donors (Lipinski definition) is 1. The highest BCUT2D eigenvalue weighted by atomic mass is 32.2. The van der Waals surface area contributed by atoms with Crippen LogP contribution in [0.5, 0.6) is 5.75 Å². The molecule has 0 spiro atoms. The van der Waals surface area contributed by atoms with Crippen LogP contribution < -0.4 is 10.1 Å². The lowest BCUT2D eigenvalue weighted by Gasteiger charge is -2.11. The van der Waals surface area contributed by atoms with Gasteiger partial charge in [-0.05, 0) is 42.3 Å². The zero-order chi connectivity index (χ0) is 19.2. The number of amidine groups is 1. The van der Waals surface area contributed by atoms with E-state index >= 15 is 0 Å². The molecule has 3 rings (SSSR count). The summed E-state index contributed by atoms with van der Waals surface area (Å²) in [6.45, 7) is 2.90. The fraction of sp³-hybridized carbons (Fsp3) is 0.250. The second kappa shape index (κ2) is 8.73. The second-order valence-corrected chi connectivity index (χ2v) is 7.49. The van der Waals surface area contributed by atoms with Gasteiger partial charge in [-0.25, -0.2) is 9.98 Å². The Balaban J connectivity index is 1.68. The summed E-state index contributed by atoms with van der Waals surface area (Å²) >= 11 is 0. The second-order valence-electron chi connectivity index (χ2n) is 6.14. The Morgan fingerprint density at radius 2 is 2.11 bits per heavy atom. The number of benzene rings is 2. The first-order chi connectivity index (χ1) is 13.0. The normalized spacial score (nSPS) is 14.4. The van der Waals surface area contributed by atoms with E-state index in [1.165, 1.54) is 0 Å². The van der Waals surface area contributed by atoms with Gasteiger partial charge in [-0.1, -0.05) is 18.2 Å². The number of amides is 1. The van der Waals surface area contributed by atoms with Gasteiger partial charge < -0.3 is 10.1 Å². The van der Waals surface area contributed by atoms with Crippen molar-refractivity contribution >= 4 is 28.9 Å². The lowest BCUT2D eigenvalue weighted by molar-refractivity contribution is 0.0950. The van der Waals surface area contributed by atoms with Crippen LogP contribution in [0.3, 0.4) is 0 Å². The van der Waals surface area contributed by atoms with Crippen molar-refractivity contribution in [3.05, 3.63) is 59.2 Å². The Morgan fingerprint density at radius 3 is 2.85 bits per heavy atom. The Kier molecular flexibility index (Phi) is 6.13. The van der Waals surface area contributed by atoms with Gasteiger partial charge in [0.15, 0.2) is 0 Å². The lowest BCUT2D eigenvalue weighted by atomic mass is 10.1. The standard InChI is InChI=1S/C20H21N3O3S/c1-14-7-8-16(18(11-14)27(2)25)13-23-19(24)15-5-3-6-17(12-15)26-20-21-9-4-10-22-20/h3,5-9,11-12H,4,10,13H2,1-2H3,(H,23,24). The fourth-order valence-electron chi connectivity index (χ4n) is 2.62. The van der Waals surface area contributed by atoms with Crippen LogP contribution in [-0.4, -0.2) is 35.2 Å². The summed E-state index contributed by atoms with van der Waals surface area (Å²) in [5, 5.41) is 2.87. The molecule has 1 N–H and O–H groups in total. The third-order valence-corrected chi connectivity index (χ3v) is 4.98. The van der Waals surface area contributed by atoms with Crippen LogP contribution in [-0.2, 0) is 17.3 Å². The highest BCUT2D eigenvalue weighted by molar-refractivity contribution is 7.84. The lowest BCUT2D eigenvalue weighted by Crippen LogP contribution is -2.23. The minimum Gasteiger partial charge on any atom is -0.425 e. The fourth-order valence-corrected chi connectivity index (χ4v) is 3.48. The van der Waals surface area contributed by atoms with E-state index in [9.17, 15) is 9.00 Å². The molecule has 140 valence electrons. The molecule has 6 nitrogen and oxygen atoms in total. The van der Waals surface area contributed by atoms with Crippen molar-refractivity contribution in [2.75, 3.05) is 12.8 Å². The van der Waals surface area contributed by atoms with Crippen molar-refractivity contribution < 1.29 is 13.7 Å². The molecule has 0 aromatic heterocycles. The molecule has 1 aliphatic heterocycles. The van der Waals surface area contributed by atoms with Crippen LogP contribution in [0.4, 0.5) is 0 Å². The minimum atomic E-state index is -1.12. The zero-order valence-electron chi connectivity index (χ0n) is 15.3. The van der Waals surface area contributed by atoms with Crippen molar-refractivity contribution in [1.82, 2.24) is 5.32 Å². The number of hydrogen-bond acceptors (Lipinski definition) is 5. The molecule has 2 aromatic carbocycles. The van der Waals surface area contributed by atoms with E-state index in [0.29, 0.717) is 30.4 Å². The minimum absolute atomic E-state index is 0.233. The molecule has 1 atom stereocenters. The van der Waals surface area contributed by atoms with Gasteiger partial charge in [0, 0.05) is 42.4 Å². The number of rotatable bonds is 5. The van der Waals surface area contributed by atoms with Crippen molar-refractivity contribution in [2.24, 2.45) is 9.98 Å². The van der Waals surface area contributed by atoms with Crippen molar-refractivity contribution in [2.45, 2.75) is 24.8 Å². The molecule has 0 radical (unpaired) electrons. The summed E-state index contributed by atoms with van der Waals surface area (Å²) in [5.41, 5.74) is 2.35. The summed E-state index contributed by atoms with van der Waals surface area (Å²) in [6.07, 6.45) is 4.20. The van der Waals surface area contributed by atoms with Crippen LogP contribution in [0, 0.1) is 6.92 Å². The van der Waals surface area contributed by atoms with Gasteiger partial charge in [-0.15, -0.1) is 0 Å². The molecule has 0 saturated carbocycles. The van der Waals surface area contributed by atoms with Gasteiger partial charge >= 0.3 is 6.02 Å². The maximum atomic E-state index is 12.5. The van der Waals surface area contributed by atoms with Gasteiger partial charge in [-0.2, -0.15) is 0 Å². The Bertz CT molecular complexity index is 938. The highest BCUT2D eigenvalue weighted by Crippen LogP contribution is 2.17. The molecule has 0 bridgehead atoms. The van der Waals surface area contributed by atoms with E-state index in [2.05, 4.69) is 15.3 Å². The molecule has 0 fully saturated rings. The number of carbonyl (C=O) groups excluding carboxylic acids is 1. The molecule has 2 aromatic rings. The topological polar surface area (TPSA) is 80.1 Å². The van der Waals surface area contributed by atoms with Crippen LogP contribution in [0.2, 0.25) is 0 Å². The number of ether oxygens (including phenoxy) is 1. The van der Waals surface area contributed by atoms with Crippen LogP contribution >= 0.6 is 0 Å². The van der Waals surface area contributed by atoms with E-state index in [0.717, 1.165) is 22.4 Å². The first-order valence-electron chi connectivity index (χ1n) is 8.59. The average molecular weight is 383 g/mol. The third kappa shape index (κ3) is 5.10. The van der Waals surface area contributed by atoms with E-state index in [1.807, 2.05) is 25.1 Å². The van der Waals surface area contributed by atoms with Crippen molar-refractivity contribution in [3.8, 4) is 5.75 Å². The molecule has 0 aliphatic carbocycles. The number of nitrogens with zero attached hydrogens (tertiary/aromatic N) is 2. The van der Waals surface area contributed by atoms with E-state index in [-0.39, 0.29) is 5.91 Å². The third-order valence-electron chi connectivity index (χ3n) is 3.98. The van der Waals surface area contributed by atoms with Crippen LogP contribution in [0.15, 0.2) is 57.3 Å². The molecule has 7 heteroatoms. The maximum Gasteiger partial charge on any atom is 0.316 e. The van der Waals surface area contributed by atoms with Crippen LogP contribution in [0.1, 0.15) is 27.9 Å². The Labute approximate surface area is 160 Å². The smallest absolute Gasteiger partial charge is 0.316 e. The first-order valence-corrected chi connectivity index (χ1v) is 10.1. The number of aryl methyl sites for hydroxylation is 1. The number of carbonyl (C=O) groups is 1. The van der Waals surface area contributed by atoms with Gasteiger partial charge in [-0.3, -0.25) is 9.00 Å². The van der Waals surface area contributed by atoms with Gasteiger partial charge in [0.25, 0.3) is 5.91 Å². The van der Waals surface area contributed by atoms with Gasteiger partial charge in [0.2, 0.25) is 0 Å². The summed E-state index contributed by atoms with van der Waals surface area (Å²) in [7, 11) is -1.12. The summed E-state index contributed by atoms with van der Waals surface area (Å²) in [6, 6.07) is 12.9. The molecule has 1 aliphatic rings. The predicted octanol–water partition coefficient (Wildman–Crippen LogP) is 2.87. The largest absolute Gasteiger partial charge is 0.425 e. The van der Waals surface area contributed by atoms with Gasteiger partial charge in [0.05, 0.1) is 10.8 Å². The summed E-state index contributed by atoms with van der Waals surface area (Å²) in [5.74, 6) is 0.272. The van der Waals surface area contributed by atoms with Crippen molar-refractivity contribution in [3.63, 3.8) is 0 Å². The molecule has 1 heterocycles. The van der Waals surface area contributed by atoms with Gasteiger partial charge in [0.1, 0.15) is 5.75 Å². The molecule has 1 unspecified atom stereocenters. The Hall–Kier alpha value is -2.80. The van der Waals surface area contributed by atoms with Crippen LogP contribution in [0.25, 0.3) is 0 Å². The zero-order valence-corrected chi connectivity index (χ0v) is 16.1. The molecule has 27 heavy (non-hydrogen) atoms. The average Bonchev–Trinajstić information content (AvgIpc) is 2.67. The maximum absolute atomic E-state index is 12.5. The number of nitrogens with one attached hydrogen (secondary N) is 1. The molecular formula is C20H21N3O3S. The summed E-state index contributed by atoms with van der Waals surface area (Å²) in [4.78, 5) is 21.5. The highest BCUT2D eigenvalue weighted by Gasteiger charge is 2.11. The molecule has 1 amide bonds. The van der Waals surface area contributed by atoms with E-state index in [4.69, 9.17) is 4.74 Å². The van der Waals surface area contributed by atoms with E-state index < -0.39 is 10.8 Å². The SMILES string of the molecule is Cc1ccc(CNC(=O)c2cccc(OC3=NCCC=N3)c2)c(S(C)=O)c1. The van der Waals surface area contributed by atoms with E-state index in [1.54, 1.807) is 36.7 Å². The monoisotopic (exact) mass is 383 g/mol. The van der Waals surface area contributed by atoms with Crippen molar-refractivity contribution in [1.29, 1.82) is 0 Å².